The highest BCUT2D eigenvalue weighted by Gasteiger charge is 2.43. The van der Waals surface area contributed by atoms with Gasteiger partial charge in [0.1, 0.15) is 0 Å². The summed E-state index contributed by atoms with van der Waals surface area (Å²) in [5.41, 5.74) is 2.39. The molecule has 0 aromatic carbocycles. The van der Waals surface area contributed by atoms with E-state index in [4.69, 9.17) is 9.47 Å². The Hall–Kier alpha value is -1.93. The van der Waals surface area contributed by atoms with Gasteiger partial charge in [0.05, 0.1) is 12.2 Å². The van der Waals surface area contributed by atoms with Crippen molar-refractivity contribution in [2.75, 3.05) is 39.4 Å². The van der Waals surface area contributed by atoms with Gasteiger partial charge in [0, 0.05) is 70.0 Å². The van der Waals surface area contributed by atoms with E-state index in [2.05, 4.69) is 5.10 Å². The monoisotopic (exact) mass is 416 g/mol. The third-order valence-corrected chi connectivity index (χ3v) is 7.44. The van der Waals surface area contributed by atoms with Crippen LogP contribution in [0.3, 0.4) is 0 Å². The van der Waals surface area contributed by atoms with Crippen LogP contribution in [0, 0.1) is 5.92 Å². The second-order valence-electron chi connectivity index (χ2n) is 9.26. The maximum Gasteiger partial charge on any atom is 0.274 e. The summed E-state index contributed by atoms with van der Waals surface area (Å²) in [6, 6.07) is 0. The Morgan fingerprint density at radius 2 is 1.73 bits per heavy atom. The lowest BCUT2D eigenvalue weighted by Crippen LogP contribution is -2.52. The maximum absolute atomic E-state index is 12.9. The number of likely N-dealkylation sites (tertiary alicyclic amines) is 2. The molecule has 4 aliphatic heterocycles. The Bertz CT molecular complexity index is 815. The fourth-order valence-electron chi connectivity index (χ4n) is 5.46. The van der Waals surface area contributed by atoms with Gasteiger partial charge in [-0.2, -0.15) is 5.10 Å². The van der Waals surface area contributed by atoms with Crippen LogP contribution in [-0.2, 0) is 34.3 Å². The fraction of sp³-hybridized carbons (Fsp3) is 0.773. The molecule has 2 amide bonds. The number of hydrogen-bond donors (Lipinski definition) is 0. The molecule has 3 fully saturated rings. The number of nitrogens with zero attached hydrogens (tertiary/aromatic N) is 4. The minimum atomic E-state index is -0.249. The average Bonchev–Trinajstić information content (AvgIpc) is 3.43. The molecule has 1 spiro atoms. The molecular weight excluding hydrogens is 384 g/mol. The van der Waals surface area contributed by atoms with Crippen LogP contribution in [0.4, 0.5) is 0 Å². The van der Waals surface area contributed by atoms with Gasteiger partial charge < -0.3 is 19.3 Å². The van der Waals surface area contributed by atoms with Crippen molar-refractivity contribution in [1.29, 1.82) is 0 Å². The number of rotatable bonds is 2. The Morgan fingerprint density at radius 1 is 1.03 bits per heavy atom. The van der Waals surface area contributed by atoms with Crippen LogP contribution in [0.25, 0.3) is 0 Å². The summed E-state index contributed by atoms with van der Waals surface area (Å²) >= 11 is 0. The molecular formula is C22H32N4O4. The Kier molecular flexibility index (Phi) is 5.31. The zero-order valence-electron chi connectivity index (χ0n) is 17.9. The smallest absolute Gasteiger partial charge is 0.274 e. The normalized spacial score (nSPS) is 24.3. The van der Waals surface area contributed by atoms with Gasteiger partial charge in [-0.15, -0.1) is 0 Å². The van der Waals surface area contributed by atoms with Crippen LogP contribution in [0.5, 0.6) is 0 Å². The van der Waals surface area contributed by atoms with E-state index < -0.39 is 0 Å². The number of piperidine rings is 1. The molecule has 0 atom stereocenters. The van der Waals surface area contributed by atoms with Crippen LogP contribution in [-0.4, -0.2) is 76.4 Å². The highest BCUT2D eigenvalue weighted by molar-refractivity contribution is 5.94. The summed E-state index contributed by atoms with van der Waals surface area (Å²) in [6.45, 7) is 4.95. The first-order valence-electron chi connectivity index (χ1n) is 11.4. The number of carbonyl (C=O) groups excluding carboxylic acids is 2. The quantitative estimate of drug-likeness (QED) is 0.731. The van der Waals surface area contributed by atoms with E-state index in [1.807, 2.05) is 21.5 Å². The molecule has 30 heavy (non-hydrogen) atoms. The van der Waals surface area contributed by atoms with E-state index in [0.717, 1.165) is 82.4 Å². The summed E-state index contributed by atoms with van der Waals surface area (Å²) in [7, 11) is 1.93. The molecule has 3 saturated heterocycles. The molecule has 0 unspecified atom stereocenters. The SMILES string of the molecule is Cn1nc(C(=O)N2CCCC2)c2c1CC1(CCN(C(=O)C3CCOCC3)CC1)OC2. The van der Waals surface area contributed by atoms with Crippen molar-refractivity contribution in [2.45, 2.75) is 57.2 Å². The van der Waals surface area contributed by atoms with Crippen LogP contribution in [0.2, 0.25) is 0 Å². The summed E-state index contributed by atoms with van der Waals surface area (Å²) in [5.74, 6) is 0.437. The van der Waals surface area contributed by atoms with Gasteiger partial charge in [0.15, 0.2) is 5.69 Å². The van der Waals surface area contributed by atoms with Crippen LogP contribution in [0.1, 0.15) is 60.3 Å². The first-order valence-corrected chi connectivity index (χ1v) is 11.4. The van der Waals surface area contributed by atoms with Crippen molar-refractivity contribution < 1.29 is 19.1 Å². The maximum atomic E-state index is 12.9. The molecule has 0 saturated carbocycles. The first kappa shape index (κ1) is 20.0. The molecule has 8 heteroatoms. The number of fused-ring (bicyclic) bond motifs is 1. The number of ether oxygens (including phenoxy) is 2. The van der Waals surface area contributed by atoms with Crippen molar-refractivity contribution in [3.05, 3.63) is 17.0 Å². The van der Waals surface area contributed by atoms with Crippen molar-refractivity contribution in [2.24, 2.45) is 13.0 Å². The first-order chi connectivity index (χ1) is 14.6. The summed E-state index contributed by atoms with van der Waals surface area (Å²) in [6.07, 6.45) is 6.25. The van der Waals surface area contributed by atoms with Crippen LogP contribution >= 0.6 is 0 Å². The standard InChI is InChI=1S/C22H32N4O4/c1-24-18-14-22(6-10-26(11-7-22)20(27)16-4-12-29-13-5-16)30-15-17(18)19(23-24)21(28)25-8-2-3-9-25/h16H,2-15H2,1H3. The third kappa shape index (κ3) is 3.54. The molecule has 8 nitrogen and oxygen atoms in total. The minimum absolute atomic E-state index is 0.0424. The van der Waals surface area contributed by atoms with Gasteiger partial charge in [-0.25, -0.2) is 0 Å². The number of aryl methyl sites for hydroxylation is 1. The van der Waals surface area contributed by atoms with Gasteiger partial charge in [0.2, 0.25) is 5.91 Å². The van der Waals surface area contributed by atoms with Gasteiger partial charge in [-0.05, 0) is 38.5 Å². The number of hydrogen-bond acceptors (Lipinski definition) is 5. The predicted octanol–water partition coefficient (Wildman–Crippen LogP) is 1.52. The lowest BCUT2D eigenvalue weighted by molar-refractivity contribution is -0.147. The summed E-state index contributed by atoms with van der Waals surface area (Å²) < 4.78 is 13.7. The molecule has 164 valence electrons. The lowest BCUT2D eigenvalue weighted by Gasteiger charge is -2.44. The van der Waals surface area contributed by atoms with Crippen molar-refractivity contribution >= 4 is 11.8 Å². The third-order valence-electron chi connectivity index (χ3n) is 7.44. The Balaban J connectivity index is 1.26. The van der Waals surface area contributed by atoms with Crippen LogP contribution < -0.4 is 0 Å². The highest BCUT2D eigenvalue weighted by Crippen LogP contribution is 2.38. The molecule has 0 bridgehead atoms. The molecule has 0 radical (unpaired) electrons. The largest absolute Gasteiger partial charge is 0.381 e. The van der Waals surface area contributed by atoms with E-state index in [9.17, 15) is 9.59 Å². The number of aromatic nitrogens is 2. The molecule has 4 aliphatic rings. The molecule has 1 aromatic heterocycles. The molecule has 5 rings (SSSR count). The molecule has 1 aromatic rings. The van der Waals surface area contributed by atoms with Crippen LogP contribution in [0.15, 0.2) is 0 Å². The number of amides is 2. The molecule has 5 heterocycles. The minimum Gasteiger partial charge on any atom is -0.381 e. The van der Waals surface area contributed by atoms with Crippen molar-refractivity contribution in [1.82, 2.24) is 19.6 Å². The zero-order valence-corrected chi connectivity index (χ0v) is 17.9. The van der Waals surface area contributed by atoms with Gasteiger partial charge >= 0.3 is 0 Å². The Labute approximate surface area is 177 Å². The van der Waals surface area contributed by atoms with E-state index >= 15 is 0 Å². The average molecular weight is 417 g/mol. The van der Waals surface area contributed by atoms with E-state index in [-0.39, 0.29) is 23.3 Å². The Morgan fingerprint density at radius 3 is 2.43 bits per heavy atom. The fourth-order valence-corrected chi connectivity index (χ4v) is 5.46. The second-order valence-corrected chi connectivity index (χ2v) is 9.26. The van der Waals surface area contributed by atoms with Gasteiger partial charge in [-0.1, -0.05) is 0 Å². The zero-order chi connectivity index (χ0) is 20.7. The van der Waals surface area contributed by atoms with Gasteiger partial charge in [-0.3, -0.25) is 14.3 Å². The van der Waals surface area contributed by atoms with Crippen molar-refractivity contribution in [3.63, 3.8) is 0 Å². The highest BCUT2D eigenvalue weighted by atomic mass is 16.5. The summed E-state index contributed by atoms with van der Waals surface area (Å²) in [4.78, 5) is 29.7. The van der Waals surface area contributed by atoms with Crippen molar-refractivity contribution in [3.8, 4) is 0 Å². The topological polar surface area (TPSA) is 76.9 Å². The lowest BCUT2D eigenvalue weighted by atomic mass is 9.83. The van der Waals surface area contributed by atoms with Gasteiger partial charge in [0.25, 0.3) is 5.91 Å². The van der Waals surface area contributed by atoms with E-state index in [0.29, 0.717) is 25.5 Å². The van der Waals surface area contributed by atoms with E-state index in [1.54, 1.807) is 0 Å². The number of carbonyl (C=O) groups is 2. The molecule has 0 aliphatic carbocycles. The summed E-state index contributed by atoms with van der Waals surface area (Å²) in [5, 5.41) is 4.59. The molecule has 0 N–H and O–H groups in total. The second kappa shape index (κ2) is 7.96. The van der Waals surface area contributed by atoms with E-state index in [1.165, 1.54) is 0 Å². The predicted molar refractivity (Wildman–Crippen MR) is 109 cm³/mol.